The highest BCUT2D eigenvalue weighted by Gasteiger charge is 2.24. The first-order valence-electron chi connectivity index (χ1n) is 8.00. The Bertz CT molecular complexity index is 617. The molecule has 2 aromatic rings. The average molecular weight is 283 g/mol. The molecule has 1 aliphatic carbocycles. The zero-order valence-corrected chi connectivity index (χ0v) is 13.3. The number of pyridine rings is 1. The molecule has 0 atom stereocenters. The van der Waals surface area contributed by atoms with Gasteiger partial charge in [0.25, 0.3) is 0 Å². The van der Waals surface area contributed by atoms with E-state index in [4.69, 9.17) is 4.98 Å². The van der Waals surface area contributed by atoms with Crippen LogP contribution in [0.15, 0.2) is 30.3 Å². The van der Waals surface area contributed by atoms with Crippen LogP contribution in [-0.2, 0) is 6.54 Å². The van der Waals surface area contributed by atoms with E-state index in [9.17, 15) is 0 Å². The number of fused-ring (bicyclic) bond motifs is 1. The average Bonchev–Trinajstić information content (AvgIpc) is 2.42. The zero-order valence-electron chi connectivity index (χ0n) is 13.3. The Labute approximate surface area is 127 Å². The van der Waals surface area contributed by atoms with Crippen molar-refractivity contribution in [2.24, 2.45) is 0 Å². The maximum absolute atomic E-state index is 4.94. The fourth-order valence-electron chi connectivity index (χ4n) is 2.85. The van der Waals surface area contributed by atoms with Gasteiger partial charge in [0.1, 0.15) is 5.82 Å². The van der Waals surface area contributed by atoms with Crippen LogP contribution >= 0.6 is 0 Å². The van der Waals surface area contributed by atoms with Gasteiger partial charge in [0, 0.05) is 36.6 Å². The summed E-state index contributed by atoms with van der Waals surface area (Å²) in [6.07, 6.45) is 3.94. The summed E-state index contributed by atoms with van der Waals surface area (Å²) in [6, 6.07) is 11.8. The minimum atomic E-state index is 0.485. The highest BCUT2D eigenvalue weighted by atomic mass is 15.2. The predicted molar refractivity (Wildman–Crippen MR) is 89.8 cm³/mol. The number of nitrogens with one attached hydrogen (secondary N) is 1. The van der Waals surface area contributed by atoms with Crippen molar-refractivity contribution in [3.63, 3.8) is 0 Å². The number of aromatic nitrogens is 1. The van der Waals surface area contributed by atoms with Gasteiger partial charge in [-0.25, -0.2) is 4.98 Å². The smallest absolute Gasteiger partial charge is 0.133 e. The Morgan fingerprint density at radius 1 is 1.29 bits per heavy atom. The Balaban J connectivity index is 1.98. The molecule has 0 spiro atoms. The monoisotopic (exact) mass is 283 g/mol. The third-order valence-corrected chi connectivity index (χ3v) is 4.44. The fraction of sp³-hybridized carbons (Fsp3) is 0.500. The zero-order chi connectivity index (χ0) is 14.8. The van der Waals surface area contributed by atoms with Crippen LogP contribution in [0, 0.1) is 0 Å². The molecule has 21 heavy (non-hydrogen) atoms. The van der Waals surface area contributed by atoms with E-state index in [2.05, 4.69) is 61.4 Å². The van der Waals surface area contributed by atoms with E-state index < -0.39 is 0 Å². The van der Waals surface area contributed by atoms with Gasteiger partial charge in [-0.15, -0.1) is 0 Å². The van der Waals surface area contributed by atoms with Crippen LogP contribution < -0.4 is 10.2 Å². The minimum absolute atomic E-state index is 0.485. The van der Waals surface area contributed by atoms with Gasteiger partial charge in [0.15, 0.2) is 0 Å². The van der Waals surface area contributed by atoms with Gasteiger partial charge in [-0.3, -0.25) is 0 Å². The van der Waals surface area contributed by atoms with Gasteiger partial charge >= 0.3 is 0 Å². The molecular weight excluding hydrogens is 258 g/mol. The number of para-hydroxylation sites is 1. The van der Waals surface area contributed by atoms with E-state index >= 15 is 0 Å². The van der Waals surface area contributed by atoms with Crippen LogP contribution in [0.25, 0.3) is 10.9 Å². The quantitative estimate of drug-likeness (QED) is 0.906. The van der Waals surface area contributed by atoms with Crippen LogP contribution in [0.3, 0.4) is 0 Å². The third-order valence-electron chi connectivity index (χ3n) is 4.44. The lowest BCUT2D eigenvalue weighted by atomic mass is 9.91. The molecule has 112 valence electrons. The lowest BCUT2D eigenvalue weighted by Crippen LogP contribution is -2.38. The number of nitrogens with zero attached hydrogens (tertiary/aromatic N) is 2. The van der Waals surface area contributed by atoms with Crippen molar-refractivity contribution in [2.75, 3.05) is 11.9 Å². The van der Waals surface area contributed by atoms with Gasteiger partial charge in [-0.1, -0.05) is 32.0 Å². The van der Waals surface area contributed by atoms with Crippen LogP contribution in [0.5, 0.6) is 0 Å². The van der Waals surface area contributed by atoms with E-state index in [0.29, 0.717) is 12.1 Å². The first kappa shape index (κ1) is 14.3. The van der Waals surface area contributed by atoms with Crippen LogP contribution in [0.2, 0.25) is 0 Å². The van der Waals surface area contributed by atoms with Crippen molar-refractivity contribution in [3.05, 3.63) is 35.9 Å². The molecule has 1 heterocycles. The molecule has 0 amide bonds. The molecule has 3 nitrogen and oxygen atoms in total. The normalized spacial score (nSPS) is 15.4. The molecule has 1 saturated carbocycles. The molecule has 3 rings (SSSR count). The number of hydrogen-bond acceptors (Lipinski definition) is 3. The third kappa shape index (κ3) is 3.03. The number of benzene rings is 1. The summed E-state index contributed by atoms with van der Waals surface area (Å²) in [7, 11) is 2.19. The summed E-state index contributed by atoms with van der Waals surface area (Å²) in [5.41, 5.74) is 2.39. The van der Waals surface area contributed by atoms with Gasteiger partial charge in [-0.2, -0.15) is 0 Å². The first-order chi connectivity index (χ1) is 10.1. The Kier molecular flexibility index (Phi) is 4.11. The van der Waals surface area contributed by atoms with Gasteiger partial charge < -0.3 is 10.2 Å². The molecule has 0 saturated heterocycles. The van der Waals surface area contributed by atoms with Gasteiger partial charge in [0.05, 0.1) is 5.52 Å². The van der Waals surface area contributed by atoms with Crippen molar-refractivity contribution in [3.8, 4) is 0 Å². The lowest BCUT2D eigenvalue weighted by Gasteiger charge is -2.36. The Hall–Kier alpha value is -1.61. The summed E-state index contributed by atoms with van der Waals surface area (Å²) < 4.78 is 0. The lowest BCUT2D eigenvalue weighted by molar-refractivity contribution is 0.398. The molecule has 1 aromatic heterocycles. The standard InChI is InChI=1S/C18H25N3/c1-13(2)19-12-15-11-14-7-4-5-10-17(14)20-18(15)21(3)16-8-6-9-16/h4-5,7,10-11,13,16,19H,6,8-9,12H2,1-3H3. The maximum atomic E-state index is 4.94. The fourth-order valence-corrected chi connectivity index (χ4v) is 2.85. The van der Waals surface area contributed by atoms with E-state index in [1.807, 2.05) is 0 Å². The molecule has 1 aliphatic rings. The van der Waals surface area contributed by atoms with E-state index in [1.165, 1.54) is 30.2 Å². The van der Waals surface area contributed by atoms with Crippen LogP contribution in [0.1, 0.15) is 38.7 Å². The second kappa shape index (κ2) is 6.02. The molecule has 1 fully saturated rings. The highest BCUT2D eigenvalue weighted by molar-refractivity contribution is 5.81. The number of hydrogen-bond donors (Lipinski definition) is 1. The topological polar surface area (TPSA) is 28.2 Å². The van der Waals surface area contributed by atoms with Crippen LogP contribution in [0.4, 0.5) is 5.82 Å². The molecule has 0 bridgehead atoms. The summed E-state index contributed by atoms with van der Waals surface area (Å²) >= 11 is 0. The van der Waals surface area contributed by atoms with E-state index in [0.717, 1.165) is 17.9 Å². The molecule has 0 aliphatic heterocycles. The van der Waals surface area contributed by atoms with Crippen LogP contribution in [-0.4, -0.2) is 24.1 Å². The number of anilines is 1. The predicted octanol–water partition coefficient (Wildman–Crippen LogP) is 3.72. The molecular formula is C18H25N3. The second-order valence-electron chi connectivity index (χ2n) is 6.40. The second-order valence-corrected chi connectivity index (χ2v) is 6.40. The number of rotatable bonds is 5. The summed E-state index contributed by atoms with van der Waals surface area (Å²) in [5, 5.41) is 4.76. The maximum Gasteiger partial charge on any atom is 0.133 e. The SMILES string of the molecule is CC(C)NCc1cc2ccccc2nc1N(C)C1CCC1. The highest BCUT2D eigenvalue weighted by Crippen LogP contribution is 2.30. The molecule has 1 N–H and O–H groups in total. The summed E-state index contributed by atoms with van der Waals surface area (Å²) in [6.45, 7) is 5.25. The molecule has 1 aromatic carbocycles. The Morgan fingerprint density at radius 2 is 2.05 bits per heavy atom. The first-order valence-corrected chi connectivity index (χ1v) is 8.00. The molecule has 0 radical (unpaired) electrons. The minimum Gasteiger partial charge on any atom is -0.356 e. The summed E-state index contributed by atoms with van der Waals surface area (Å²) in [4.78, 5) is 7.32. The van der Waals surface area contributed by atoms with Gasteiger partial charge in [0.2, 0.25) is 0 Å². The van der Waals surface area contributed by atoms with Crippen molar-refractivity contribution in [1.29, 1.82) is 0 Å². The summed E-state index contributed by atoms with van der Waals surface area (Å²) in [5.74, 6) is 1.14. The van der Waals surface area contributed by atoms with Crippen molar-refractivity contribution in [2.45, 2.75) is 51.7 Å². The van der Waals surface area contributed by atoms with Crippen molar-refractivity contribution >= 4 is 16.7 Å². The molecule has 0 unspecified atom stereocenters. The van der Waals surface area contributed by atoms with E-state index in [1.54, 1.807) is 0 Å². The molecule has 3 heteroatoms. The van der Waals surface area contributed by atoms with Gasteiger partial charge in [-0.05, 0) is 31.4 Å². The van der Waals surface area contributed by atoms with Crippen molar-refractivity contribution < 1.29 is 0 Å². The van der Waals surface area contributed by atoms with E-state index in [-0.39, 0.29) is 0 Å². The Morgan fingerprint density at radius 3 is 2.71 bits per heavy atom. The van der Waals surface area contributed by atoms with Crippen molar-refractivity contribution in [1.82, 2.24) is 10.3 Å². The largest absolute Gasteiger partial charge is 0.356 e.